The van der Waals surface area contributed by atoms with Crippen molar-refractivity contribution in [3.63, 3.8) is 0 Å². The summed E-state index contributed by atoms with van der Waals surface area (Å²) in [5, 5.41) is 0.286. The van der Waals surface area contributed by atoms with Crippen LogP contribution in [0.1, 0.15) is 28.5 Å². The zero-order valence-corrected chi connectivity index (χ0v) is 15.1. The van der Waals surface area contributed by atoms with Gasteiger partial charge in [0.1, 0.15) is 17.9 Å². The van der Waals surface area contributed by atoms with E-state index in [1.807, 2.05) is 44.4 Å². The van der Waals surface area contributed by atoms with Gasteiger partial charge in [0, 0.05) is 14.1 Å². The molecule has 24 heavy (non-hydrogen) atoms. The summed E-state index contributed by atoms with van der Waals surface area (Å²) in [5.74, 6) is -0.0786. The van der Waals surface area contributed by atoms with E-state index in [0.29, 0.717) is 29.3 Å². The summed E-state index contributed by atoms with van der Waals surface area (Å²) < 4.78 is 11.1. The molecule has 0 amide bonds. The number of carbonyl (C=O) groups excluding carboxylic acids is 1. The van der Waals surface area contributed by atoms with Crippen LogP contribution < -0.4 is 9.64 Å². The highest BCUT2D eigenvalue weighted by atomic mass is 35.5. The number of aryl methyl sites for hydroxylation is 1. The summed E-state index contributed by atoms with van der Waals surface area (Å²) >= 11 is 6.28. The minimum absolute atomic E-state index is 0.274. The highest BCUT2D eigenvalue weighted by molar-refractivity contribution is 6.32. The number of rotatable bonds is 6. The van der Waals surface area contributed by atoms with Crippen LogP contribution in [0.5, 0.6) is 5.75 Å². The fraction of sp³-hybridized carbons (Fsp3) is 0.333. The van der Waals surface area contributed by atoms with E-state index in [4.69, 9.17) is 21.1 Å². The second kappa shape index (κ2) is 8.02. The van der Waals surface area contributed by atoms with Crippen LogP contribution in [0.15, 0.2) is 30.3 Å². The quantitative estimate of drug-likeness (QED) is 0.586. The topological polar surface area (TPSA) is 51.7 Å². The number of benzene rings is 1. The van der Waals surface area contributed by atoms with Gasteiger partial charge >= 0.3 is 5.97 Å². The average Bonchev–Trinajstić information content (AvgIpc) is 2.53. The molecule has 6 heteroatoms. The molecule has 0 aliphatic heterocycles. The molecule has 2 rings (SSSR count). The van der Waals surface area contributed by atoms with Crippen molar-refractivity contribution < 1.29 is 14.3 Å². The van der Waals surface area contributed by atoms with Gasteiger partial charge in [-0.1, -0.05) is 41.9 Å². The lowest BCUT2D eigenvalue weighted by molar-refractivity contribution is 0.0520. The van der Waals surface area contributed by atoms with Crippen molar-refractivity contribution in [2.75, 3.05) is 25.6 Å². The third-order valence-electron chi connectivity index (χ3n) is 3.42. The molecule has 0 fully saturated rings. The molecule has 0 saturated carbocycles. The van der Waals surface area contributed by atoms with Gasteiger partial charge < -0.3 is 14.4 Å². The molecule has 1 aromatic carbocycles. The largest absolute Gasteiger partial charge is 0.486 e. The highest BCUT2D eigenvalue weighted by Crippen LogP contribution is 2.38. The van der Waals surface area contributed by atoms with Crippen LogP contribution in [0.4, 0.5) is 5.69 Å². The number of pyridine rings is 1. The lowest BCUT2D eigenvalue weighted by Crippen LogP contribution is -2.17. The number of hydrogen-bond donors (Lipinski definition) is 0. The van der Waals surface area contributed by atoms with Crippen LogP contribution in [0, 0.1) is 6.92 Å². The van der Waals surface area contributed by atoms with Crippen molar-refractivity contribution in [2.24, 2.45) is 0 Å². The number of esters is 1. The van der Waals surface area contributed by atoms with Crippen molar-refractivity contribution in [3.8, 4) is 5.75 Å². The molecule has 0 spiro atoms. The monoisotopic (exact) mass is 348 g/mol. The van der Waals surface area contributed by atoms with E-state index in [-0.39, 0.29) is 11.8 Å². The zero-order valence-electron chi connectivity index (χ0n) is 14.3. The third kappa shape index (κ3) is 3.97. The summed E-state index contributed by atoms with van der Waals surface area (Å²) in [5.41, 5.74) is 2.33. The van der Waals surface area contributed by atoms with Gasteiger partial charge in [0.05, 0.1) is 12.3 Å². The van der Waals surface area contributed by atoms with Gasteiger partial charge in [-0.25, -0.2) is 9.78 Å². The number of hydrogen-bond acceptors (Lipinski definition) is 5. The number of halogens is 1. The molecule has 0 atom stereocenters. The minimum Gasteiger partial charge on any atom is -0.486 e. The average molecular weight is 349 g/mol. The first-order chi connectivity index (χ1) is 11.5. The fourth-order valence-corrected chi connectivity index (χ4v) is 2.72. The Morgan fingerprint density at radius 1 is 1.25 bits per heavy atom. The van der Waals surface area contributed by atoms with Crippen molar-refractivity contribution in [1.29, 1.82) is 0 Å². The van der Waals surface area contributed by atoms with E-state index in [1.54, 1.807) is 18.7 Å². The first-order valence-electron chi connectivity index (χ1n) is 7.67. The molecule has 2 aromatic rings. The second-order valence-corrected chi connectivity index (χ2v) is 5.79. The van der Waals surface area contributed by atoms with Gasteiger partial charge in [-0.05, 0) is 19.4 Å². The Kier molecular flexibility index (Phi) is 6.04. The maximum atomic E-state index is 12.4. The SMILES string of the molecule is CCOC(=O)c1c(C)nc(Cl)c(N(C)C)c1OCc1ccccc1. The number of anilines is 1. The van der Waals surface area contributed by atoms with Gasteiger partial charge in [-0.2, -0.15) is 0 Å². The summed E-state index contributed by atoms with van der Waals surface area (Å²) in [7, 11) is 3.64. The fourth-order valence-electron chi connectivity index (χ4n) is 2.33. The van der Waals surface area contributed by atoms with E-state index in [0.717, 1.165) is 5.56 Å². The summed E-state index contributed by atoms with van der Waals surface area (Å²) in [6, 6.07) is 9.71. The number of nitrogens with zero attached hydrogens (tertiary/aromatic N) is 2. The number of aromatic nitrogens is 1. The Balaban J connectivity index is 2.49. The van der Waals surface area contributed by atoms with E-state index < -0.39 is 5.97 Å². The van der Waals surface area contributed by atoms with Gasteiger partial charge in [-0.3, -0.25) is 0 Å². The molecule has 0 aliphatic rings. The van der Waals surface area contributed by atoms with Crippen LogP contribution in [-0.4, -0.2) is 31.7 Å². The first-order valence-corrected chi connectivity index (χ1v) is 8.04. The van der Waals surface area contributed by atoms with Crippen LogP contribution >= 0.6 is 11.6 Å². The molecule has 0 saturated heterocycles. The molecule has 5 nitrogen and oxygen atoms in total. The van der Waals surface area contributed by atoms with Crippen molar-refractivity contribution in [2.45, 2.75) is 20.5 Å². The van der Waals surface area contributed by atoms with Crippen molar-refractivity contribution in [1.82, 2.24) is 4.98 Å². The van der Waals surface area contributed by atoms with E-state index in [1.165, 1.54) is 0 Å². The molecule has 1 aromatic heterocycles. The molecule has 0 bridgehead atoms. The van der Waals surface area contributed by atoms with Gasteiger partial charge in [-0.15, -0.1) is 0 Å². The summed E-state index contributed by atoms with van der Waals surface area (Å²) in [6.07, 6.45) is 0. The van der Waals surface area contributed by atoms with Gasteiger partial charge in [0.25, 0.3) is 0 Å². The van der Waals surface area contributed by atoms with Crippen LogP contribution in [-0.2, 0) is 11.3 Å². The molecular formula is C18H21ClN2O3. The van der Waals surface area contributed by atoms with Crippen molar-refractivity contribution >= 4 is 23.3 Å². The molecule has 0 N–H and O–H groups in total. The van der Waals surface area contributed by atoms with Gasteiger partial charge in [0.2, 0.25) is 0 Å². The maximum absolute atomic E-state index is 12.4. The Bertz CT molecular complexity index is 718. The second-order valence-electron chi connectivity index (χ2n) is 5.43. The van der Waals surface area contributed by atoms with Crippen LogP contribution in [0.3, 0.4) is 0 Å². The predicted molar refractivity (Wildman–Crippen MR) is 95.0 cm³/mol. The Morgan fingerprint density at radius 2 is 1.92 bits per heavy atom. The summed E-state index contributed by atoms with van der Waals surface area (Å²) in [4.78, 5) is 18.4. The number of ether oxygens (including phenoxy) is 2. The lowest BCUT2D eigenvalue weighted by Gasteiger charge is -2.22. The van der Waals surface area contributed by atoms with Crippen molar-refractivity contribution in [3.05, 3.63) is 52.3 Å². The Labute approximate surface area is 147 Å². The van der Waals surface area contributed by atoms with E-state index >= 15 is 0 Å². The van der Waals surface area contributed by atoms with E-state index in [2.05, 4.69) is 4.98 Å². The highest BCUT2D eigenvalue weighted by Gasteiger charge is 2.25. The molecule has 1 heterocycles. The molecule has 0 radical (unpaired) electrons. The molecule has 128 valence electrons. The Morgan fingerprint density at radius 3 is 2.50 bits per heavy atom. The molecule has 0 unspecified atom stereocenters. The van der Waals surface area contributed by atoms with Crippen LogP contribution in [0.25, 0.3) is 0 Å². The normalized spacial score (nSPS) is 10.4. The molecule has 0 aliphatic carbocycles. The van der Waals surface area contributed by atoms with Gasteiger partial charge in [0.15, 0.2) is 10.9 Å². The maximum Gasteiger partial charge on any atom is 0.343 e. The third-order valence-corrected chi connectivity index (χ3v) is 3.68. The van der Waals surface area contributed by atoms with E-state index in [9.17, 15) is 4.79 Å². The minimum atomic E-state index is -0.467. The summed E-state index contributed by atoms with van der Waals surface area (Å²) in [6.45, 7) is 4.06. The standard InChI is InChI=1S/C18H21ClN2O3/c1-5-23-18(22)14-12(2)20-17(19)15(21(3)4)16(14)24-11-13-9-7-6-8-10-13/h6-10H,5,11H2,1-4H3. The Hall–Kier alpha value is -2.27. The predicted octanol–water partition coefficient (Wildman–Crippen LogP) is 3.87. The molecular weight excluding hydrogens is 328 g/mol. The lowest BCUT2D eigenvalue weighted by atomic mass is 10.1. The van der Waals surface area contributed by atoms with Crippen LogP contribution in [0.2, 0.25) is 5.15 Å². The zero-order chi connectivity index (χ0) is 17.7. The first kappa shape index (κ1) is 18.1. The smallest absolute Gasteiger partial charge is 0.343 e. The number of carbonyl (C=O) groups is 1.